The summed E-state index contributed by atoms with van der Waals surface area (Å²) in [5, 5.41) is 49.9. The number of aliphatic hydroxyl groups excluding tert-OH is 5. The Labute approximate surface area is 188 Å². The summed E-state index contributed by atoms with van der Waals surface area (Å²) in [4.78, 5) is 1.45. The van der Waals surface area contributed by atoms with Gasteiger partial charge in [-0.3, -0.25) is 0 Å². The van der Waals surface area contributed by atoms with Crippen molar-refractivity contribution in [1.29, 1.82) is 0 Å². The molecule has 3 aromatic rings. The van der Waals surface area contributed by atoms with E-state index >= 15 is 0 Å². The third-order valence-electron chi connectivity index (χ3n) is 5.78. The SMILES string of the molecule is Cc1ccc(F)c2c(Sc3ccc(CCO)cc3)cn([C@@H]3O[C@H](CO)[C@@H](O)[C@H](O)[C@H]3O)c12. The zero-order valence-corrected chi connectivity index (χ0v) is 18.2. The normalized spacial score (nSPS) is 26.0. The summed E-state index contributed by atoms with van der Waals surface area (Å²) in [5.41, 5.74) is 2.22. The Morgan fingerprint density at radius 3 is 2.38 bits per heavy atom. The van der Waals surface area contributed by atoms with Crippen molar-refractivity contribution >= 4 is 22.7 Å². The van der Waals surface area contributed by atoms with Crippen LogP contribution in [-0.4, -0.2) is 67.7 Å². The number of aliphatic hydroxyl groups is 5. The number of hydrogen-bond donors (Lipinski definition) is 5. The summed E-state index contributed by atoms with van der Waals surface area (Å²) in [7, 11) is 0. The van der Waals surface area contributed by atoms with Crippen LogP contribution in [0.15, 0.2) is 52.4 Å². The summed E-state index contributed by atoms with van der Waals surface area (Å²) in [5.74, 6) is -0.437. The molecule has 172 valence electrons. The molecule has 2 heterocycles. The first-order valence-electron chi connectivity index (χ1n) is 10.3. The highest BCUT2D eigenvalue weighted by Crippen LogP contribution is 2.41. The molecule has 2 aromatic carbocycles. The van der Waals surface area contributed by atoms with Gasteiger partial charge in [0.05, 0.1) is 12.1 Å². The Hall–Kier alpha value is -1.98. The molecule has 1 aliphatic heterocycles. The van der Waals surface area contributed by atoms with Gasteiger partial charge in [0.2, 0.25) is 0 Å². The number of rotatable bonds is 6. The zero-order valence-electron chi connectivity index (χ0n) is 17.4. The molecule has 0 bridgehead atoms. The highest BCUT2D eigenvalue weighted by molar-refractivity contribution is 7.99. The standard InChI is InChI=1S/C23H26FNO6S/c1-12-2-7-15(24)18-17(32-14-5-3-13(4-6-14)8-9-26)10-25(19(12)18)23-22(30)21(29)20(28)16(11-27)31-23/h2-7,10,16,20-23,26-30H,8-9,11H2,1H3/t16-,20-,21+,22-,23-/m1/s1. The third-order valence-corrected chi connectivity index (χ3v) is 6.82. The summed E-state index contributed by atoms with van der Waals surface area (Å²) in [6, 6.07) is 10.6. The van der Waals surface area contributed by atoms with E-state index in [1.807, 2.05) is 24.3 Å². The van der Waals surface area contributed by atoms with E-state index in [0.29, 0.717) is 22.2 Å². The third kappa shape index (κ3) is 4.17. The molecule has 4 rings (SSSR count). The van der Waals surface area contributed by atoms with Crippen molar-refractivity contribution in [2.24, 2.45) is 0 Å². The van der Waals surface area contributed by atoms with Crippen LogP contribution in [0.2, 0.25) is 0 Å². The van der Waals surface area contributed by atoms with Crippen molar-refractivity contribution in [2.75, 3.05) is 13.2 Å². The molecule has 1 fully saturated rings. The lowest BCUT2D eigenvalue weighted by Gasteiger charge is -2.40. The molecule has 1 aliphatic rings. The van der Waals surface area contributed by atoms with Crippen molar-refractivity contribution in [3.05, 3.63) is 59.5 Å². The maximum atomic E-state index is 15.0. The number of fused-ring (bicyclic) bond motifs is 1. The zero-order chi connectivity index (χ0) is 23.0. The first-order chi connectivity index (χ1) is 15.3. The smallest absolute Gasteiger partial charge is 0.163 e. The van der Waals surface area contributed by atoms with Gasteiger partial charge in [-0.2, -0.15) is 0 Å². The van der Waals surface area contributed by atoms with Crippen molar-refractivity contribution in [3.63, 3.8) is 0 Å². The molecule has 7 nitrogen and oxygen atoms in total. The Kier molecular flexibility index (Phi) is 6.87. The molecule has 5 N–H and O–H groups in total. The molecule has 0 saturated carbocycles. The first-order valence-corrected chi connectivity index (χ1v) is 11.1. The van der Waals surface area contributed by atoms with Crippen LogP contribution in [0.1, 0.15) is 17.4 Å². The van der Waals surface area contributed by atoms with E-state index in [0.717, 1.165) is 16.0 Å². The highest BCUT2D eigenvalue weighted by atomic mass is 32.2. The van der Waals surface area contributed by atoms with Crippen molar-refractivity contribution in [2.45, 2.75) is 53.8 Å². The second-order valence-electron chi connectivity index (χ2n) is 7.93. The van der Waals surface area contributed by atoms with Gasteiger partial charge in [-0.1, -0.05) is 30.0 Å². The van der Waals surface area contributed by atoms with E-state index in [-0.39, 0.29) is 6.61 Å². The van der Waals surface area contributed by atoms with Crippen LogP contribution in [0, 0.1) is 12.7 Å². The fourth-order valence-electron chi connectivity index (χ4n) is 4.06. The minimum Gasteiger partial charge on any atom is -0.396 e. The summed E-state index contributed by atoms with van der Waals surface area (Å²) < 4.78 is 22.2. The van der Waals surface area contributed by atoms with E-state index in [2.05, 4.69) is 0 Å². The van der Waals surface area contributed by atoms with Gasteiger partial charge >= 0.3 is 0 Å². The van der Waals surface area contributed by atoms with Crippen LogP contribution in [0.3, 0.4) is 0 Å². The van der Waals surface area contributed by atoms with Gasteiger partial charge in [-0.15, -0.1) is 0 Å². The predicted molar refractivity (Wildman–Crippen MR) is 117 cm³/mol. The average molecular weight is 464 g/mol. The first kappa shape index (κ1) is 23.2. The van der Waals surface area contributed by atoms with E-state index in [4.69, 9.17) is 9.84 Å². The molecule has 5 atom stereocenters. The molecule has 0 spiro atoms. The minimum atomic E-state index is -1.53. The number of benzene rings is 2. The molecular formula is C23H26FNO6S. The van der Waals surface area contributed by atoms with E-state index < -0.39 is 43.1 Å². The van der Waals surface area contributed by atoms with Crippen LogP contribution < -0.4 is 0 Å². The Bertz CT molecular complexity index is 1090. The number of halogens is 1. The van der Waals surface area contributed by atoms with Gasteiger partial charge in [-0.25, -0.2) is 4.39 Å². The Balaban J connectivity index is 1.78. The van der Waals surface area contributed by atoms with E-state index in [1.54, 1.807) is 23.8 Å². The van der Waals surface area contributed by atoms with Crippen LogP contribution >= 0.6 is 11.8 Å². The minimum absolute atomic E-state index is 0.0591. The van der Waals surface area contributed by atoms with Crippen molar-refractivity contribution < 1.29 is 34.7 Å². The highest BCUT2D eigenvalue weighted by Gasteiger charge is 2.44. The molecule has 0 amide bonds. The molecule has 1 aromatic heterocycles. The topological polar surface area (TPSA) is 115 Å². The number of nitrogens with zero attached hydrogens (tertiary/aromatic N) is 1. The molecule has 0 unspecified atom stereocenters. The maximum Gasteiger partial charge on any atom is 0.163 e. The summed E-state index contributed by atoms with van der Waals surface area (Å²) >= 11 is 1.34. The Morgan fingerprint density at radius 1 is 1.00 bits per heavy atom. The summed E-state index contributed by atoms with van der Waals surface area (Å²) in [6.45, 7) is 1.32. The number of ether oxygens (including phenoxy) is 1. The second kappa shape index (κ2) is 9.48. The summed E-state index contributed by atoms with van der Waals surface area (Å²) in [6.07, 6.45) is -4.49. The van der Waals surface area contributed by atoms with Crippen LogP contribution in [0.25, 0.3) is 10.9 Å². The van der Waals surface area contributed by atoms with Crippen molar-refractivity contribution in [3.8, 4) is 0 Å². The second-order valence-corrected chi connectivity index (χ2v) is 9.04. The van der Waals surface area contributed by atoms with Gasteiger partial charge in [0, 0.05) is 28.0 Å². The van der Waals surface area contributed by atoms with Crippen molar-refractivity contribution in [1.82, 2.24) is 4.57 Å². The molecular weight excluding hydrogens is 437 g/mol. The predicted octanol–water partition coefficient (Wildman–Crippen LogP) is 1.75. The molecule has 0 radical (unpaired) electrons. The van der Waals surface area contributed by atoms with Gasteiger partial charge in [0.1, 0.15) is 30.2 Å². The number of aromatic nitrogens is 1. The lowest BCUT2D eigenvalue weighted by molar-refractivity contribution is -0.250. The van der Waals surface area contributed by atoms with E-state index in [9.17, 15) is 24.8 Å². The number of hydrogen-bond acceptors (Lipinski definition) is 7. The van der Waals surface area contributed by atoms with Gasteiger partial charge < -0.3 is 34.8 Å². The van der Waals surface area contributed by atoms with E-state index in [1.165, 1.54) is 17.8 Å². The quantitative estimate of drug-likeness (QED) is 0.378. The van der Waals surface area contributed by atoms with Gasteiger partial charge in [-0.05, 0) is 42.7 Å². The molecule has 32 heavy (non-hydrogen) atoms. The molecule has 9 heteroatoms. The van der Waals surface area contributed by atoms with Crippen LogP contribution in [0.5, 0.6) is 0 Å². The maximum absolute atomic E-state index is 15.0. The van der Waals surface area contributed by atoms with Crippen LogP contribution in [0.4, 0.5) is 4.39 Å². The monoisotopic (exact) mass is 463 g/mol. The average Bonchev–Trinajstić information content (AvgIpc) is 3.16. The lowest BCUT2D eigenvalue weighted by atomic mass is 9.98. The Morgan fingerprint density at radius 2 is 1.72 bits per heavy atom. The lowest BCUT2D eigenvalue weighted by Crippen LogP contribution is -2.56. The molecule has 0 aliphatic carbocycles. The van der Waals surface area contributed by atoms with Gasteiger partial charge in [0.25, 0.3) is 0 Å². The largest absolute Gasteiger partial charge is 0.396 e. The number of aryl methyl sites for hydroxylation is 1. The fourth-order valence-corrected chi connectivity index (χ4v) is 5.05. The molecule has 1 saturated heterocycles. The van der Waals surface area contributed by atoms with Crippen LogP contribution in [-0.2, 0) is 11.2 Å². The van der Waals surface area contributed by atoms with Gasteiger partial charge in [0.15, 0.2) is 6.23 Å². The fraction of sp³-hybridized carbons (Fsp3) is 0.391.